The lowest BCUT2D eigenvalue weighted by atomic mass is 10.0. The summed E-state index contributed by atoms with van der Waals surface area (Å²) in [7, 11) is 1.75. The van der Waals surface area contributed by atoms with Gasteiger partial charge in [0.25, 0.3) is 11.8 Å². The zero-order valence-electron chi connectivity index (χ0n) is 16.8. The van der Waals surface area contributed by atoms with E-state index in [1.54, 1.807) is 42.3 Å². The highest BCUT2D eigenvalue weighted by atomic mass is 16.2. The van der Waals surface area contributed by atoms with E-state index in [1.807, 2.05) is 49.4 Å². The van der Waals surface area contributed by atoms with Crippen LogP contribution in [0.5, 0.6) is 0 Å². The Morgan fingerprint density at radius 3 is 2.40 bits per heavy atom. The van der Waals surface area contributed by atoms with Gasteiger partial charge in [0.05, 0.1) is 5.57 Å². The molecule has 150 valence electrons. The fourth-order valence-corrected chi connectivity index (χ4v) is 3.50. The molecule has 1 aliphatic heterocycles. The quantitative estimate of drug-likeness (QED) is 0.451. The number of hydrogen-bond acceptors (Lipinski definition) is 4. The number of carbonyl (C=O) groups is 2. The van der Waals surface area contributed by atoms with Gasteiger partial charge in [0.15, 0.2) is 0 Å². The largest absolute Gasteiger partial charge is 0.399 e. The Morgan fingerprint density at radius 2 is 1.70 bits per heavy atom. The summed E-state index contributed by atoms with van der Waals surface area (Å²) in [6.45, 7) is 1.85. The molecule has 6 heteroatoms. The molecule has 0 unspecified atom stereocenters. The molecule has 6 nitrogen and oxygen atoms in total. The van der Waals surface area contributed by atoms with Gasteiger partial charge in [-0.2, -0.15) is 0 Å². The molecular formula is C24H22N4O2. The van der Waals surface area contributed by atoms with E-state index in [-0.39, 0.29) is 11.8 Å². The number of allylic oxidation sites excluding steroid dienone is 1. The Bertz CT molecular complexity index is 1150. The number of nitrogen functional groups attached to an aromatic ring is 1. The van der Waals surface area contributed by atoms with E-state index in [0.29, 0.717) is 16.8 Å². The molecule has 30 heavy (non-hydrogen) atoms. The van der Waals surface area contributed by atoms with Gasteiger partial charge in [-0.15, -0.1) is 0 Å². The second-order valence-electron chi connectivity index (χ2n) is 7.16. The van der Waals surface area contributed by atoms with Crippen molar-refractivity contribution in [1.29, 1.82) is 0 Å². The van der Waals surface area contributed by atoms with Gasteiger partial charge in [0, 0.05) is 46.6 Å². The lowest BCUT2D eigenvalue weighted by Gasteiger charge is -2.18. The average Bonchev–Trinajstić information content (AvgIpc) is 3.08. The monoisotopic (exact) mass is 398 g/mol. The van der Waals surface area contributed by atoms with Crippen LogP contribution in [0.4, 0.5) is 22.7 Å². The second kappa shape index (κ2) is 7.75. The summed E-state index contributed by atoms with van der Waals surface area (Å²) in [5.74, 6) is -0.239. The van der Waals surface area contributed by atoms with Crippen molar-refractivity contribution in [2.45, 2.75) is 6.92 Å². The Morgan fingerprint density at radius 1 is 1.00 bits per heavy atom. The third-order valence-corrected chi connectivity index (χ3v) is 5.08. The first-order valence-corrected chi connectivity index (χ1v) is 9.56. The van der Waals surface area contributed by atoms with Gasteiger partial charge < -0.3 is 21.3 Å². The van der Waals surface area contributed by atoms with Crippen LogP contribution in [0, 0.1) is 0 Å². The van der Waals surface area contributed by atoms with Crippen molar-refractivity contribution in [2.24, 2.45) is 0 Å². The van der Waals surface area contributed by atoms with E-state index in [1.165, 1.54) is 0 Å². The maximum absolute atomic E-state index is 12.6. The fraction of sp³-hybridized carbons (Fsp3) is 0.0833. The molecule has 1 heterocycles. The molecule has 0 spiro atoms. The highest BCUT2D eigenvalue weighted by molar-refractivity contribution is 6.32. The maximum Gasteiger partial charge on any atom is 0.258 e. The van der Waals surface area contributed by atoms with Crippen LogP contribution in [0.3, 0.4) is 0 Å². The summed E-state index contributed by atoms with van der Waals surface area (Å²) in [4.78, 5) is 26.6. The summed E-state index contributed by atoms with van der Waals surface area (Å²) in [5, 5.41) is 6.13. The van der Waals surface area contributed by atoms with Crippen molar-refractivity contribution in [1.82, 2.24) is 0 Å². The number of nitrogens with two attached hydrogens (primary N) is 1. The first kappa shape index (κ1) is 19.3. The number of carbonyl (C=O) groups excluding carboxylic acids is 2. The minimum atomic E-state index is -0.162. The smallest absolute Gasteiger partial charge is 0.258 e. The predicted molar refractivity (Wildman–Crippen MR) is 121 cm³/mol. The fourth-order valence-electron chi connectivity index (χ4n) is 3.50. The summed E-state index contributed by atoms with van der Waals surface area (Å²) >= 11 is 0. The van der Waals surface area contributed by atoms with Crippen molar-refractivity contribution in [2.75, 3.05) is 28.3 Å². The number of rotatable bonds is 4. The van der Waals surface area contributed by atoms with Gasteiger partial charge in [-0.05, 0) is 61.5 Å². The molecule has 0 bridgehead atoms. The van der Waals surface area contributed by atoms with E-state index in [0.717, 1.165) is 28.3 Å². The highest BCUT2D eigenvalue weighted by Gasteiger charge is 2.26. The van der Waals surface area contributed by atoms with Crippen molar-refractivity contribution < 1.29 is 9.59 Å². The summed E-state index contributed by atoms with van der Waals surface area (Å²) in [6.07, 6.45) is 0. The highest BCUT2D eigenvalue weighted by Crippen LogP contribution is 2.35. The summed E-state index contributed by atoms with van der Waals surface area (Å²) in [6, 6.07) is 22.0. The number of hydrogen-bond donors (Lipinski definition) is 3. The molecule has 1 aliphatic rings. The van der Waals surface area contributed by atoms with Gasteiger partial charge in [-0.1, -0.05) is 18.2 Å². The van der Waals surface area contributed by atoms with Crippen LogP contribution in [0.1, 0.15) is 22.8 Å². The lowest BCUT2D eigenvalue weighted by molar-refractivity contribution is -0.110. The van der Waals surface area contributed by atoms with Gasteiger partial charge in [0.2, 0.25) is 0 Å². The average molecular weight is 398 g/mol. The van der Waals surface area contributed by atoms with E-state index >= 15 is 0 Å². The number of amides is 2. The molecule has 0 radical (unpaired) electrons. The van der Waals surface area contributed by atoms with E-state index in [2.05, 4.69) is 10.6 Å². The van der Waals surface area contributed by atoms with E-state index in [9.17, 15) is 9.59 Å². The standard InChI is InChI=1S/C24H22N4O2/c1-15(22-20-14-17(25)8-13-21(20)27-23(22)29)26-18-9-11-19(12-10-18)28(2)24(30)16-6-4-3-5-7-16/h3-14,26H,25H2,1-2H3,(H,27,29)/b22-15-. The third kappa shape index (κ3) is 3.63. The van der Waals surface area contributed by atoms with Gasteiger partial charge >= 0.3 is 0 Å². The second-order valence-corrected chi connectivity index (χ2v) is 7.16. The van der Waals surface area contributed by atoms with Crippen molar-refractivity contribution >= 4 is 40.1 Å². The Hall–Kier alpha value is -4.06. The third-order valence-electron chi connectivity index (χ3n) is 5.08. The number of anilines is 4. The Balaban J connectivity index is 1.54. The minimum Gasteiger partial charge on any atom is -0.399 e. The molecule has 3 aromatic carbocycles. The molecular weight excluding hydrogens is 376 g/mol. The SMILES string of the molecule is C/C(Nc1ccc(N(C)C(=O)c2ccccc2)cc1)=C1/C(=O)Nc2ccc(N)cc21. The molecule has 4 rings (SSSR count). The Kier molecular flexibility index (Phi) is 4.98. The number of nitrogens with one attached hydrogen (secondary N) is 2. The molecule has 0 fully saturated rings. The Labute approximate surface area is 175 Å². The molecule has 0 saturated carbocycles. The van der Waals surface area contributed by atoms with Gasteiger partial charge in [-0.25, -0.2) is 0 Å². The summed E-state index contributed by atoms with van der Waals surface area (Å²) < 4.78 is 0. The molecule has 3 aromatic rings. The molecule has 2 amide bonds. The van der Waals surface area contributed by atoms with Crippen LogP contribution in [0.2, 0.25) is 0 Å². The lowest BCUT2D eigenvalue weighted by Crippen LogP contribution is -2.26. The van der Waals surface area contributed by atoms with Crippen LogP contribution in [0.15, 0.2) is 78.5 Å². The van der Waals surface area contributed by atoms with Crippen molar-refractivity contribution in [3.8, 4) is 0 Å². The molecule has 0 aromatic heterocycles. The van der Waals surface area contributed by atoms with Gasteiger partial charge in [0.1, 0.15) is 0 Å². The van der Waals surface area contributed by atoms with Gasteiger partial charge in [-0.3, -0.25) is 9.59 Å². The first-order chi connectivity index (χ1) is 14.4. The van der Waals surface area contributed by atoms with Crippen LogP contribution >= 0.6 is 0 Å². The molecule has 0 saturated heterocycles. The van der Waals surface area contributed by atoms with Crippen molar-refractivity contribution in [3.05, 3.63) is 89.6 Å². The number of fused-ring (bicyclic) bond motifs is 1. The summed E-state index contributed by atoms with van der Waals surface area (Å²) in [5.41, 5.74) is 11.5. The van der Waals surface area contributed by atoms with Crippen LogP contribution < -0.4 is 21.3 Å². The topological polar surface area (TPSA) is 87.5 Å². The van der Waals surface area contributed by atoms with E-state index < -0.39 is 0 Å². The zero-order valence-corrected chi connectivity index (χ0v) is 16.8. The predicted octanol–water partition coefficient (Wildman–Crippen LogP) is 4.34. The zero-order chi connectivity index (χ0) is 21.3. The van der Waals surface area contributed by atoms with Crippen LogP contribution in [-0.2, 0) is 4.79 Å². The van der Waals surface area contributed by atoms with Crippen molar-refractivity contribution in [3.63, 3.8) is 0 Å². The number of benzene rings is 3. The normalized spacial score (nSPS) is 14.0. The number of nitrogens with zero attached hydrogens (tertiary/aromatic N) is 1. The molecule has 0 aliphatic carbocycles. The van der Waals surface area contributed by atoms with Crippen LogP contribution in [0.25, 0.3) is 5.57 Å². The van der Waals surface area contributed by atoms with Crippen LogP contribution in [-0.4, -0.2) is 18.9 Å². The molecule has 0 atom stereocenters. The molecule has 4 N–H and O–H groups in total. The minimum absolute atomic E-state index is 0.0774. The first-order valence-electron chi connectivity index (χ1n) is 9.56. The maximum atomic E-state index is 12.6. The van der Waals surface area contributed by atoms with E-state index in [4.69, 9.17) is 5.73 Å².